The Labute approximate surface area is 206 Å². The minimum Gasteiger partial charge on any atom is -0.388 e. The topological polar surface area (TPSA) is 129 Å². The Hall–Kier alpha value is -3.77. The van der Waals surface area contributed by atoms with E-state index >= 15 is 0 Å². The van der Waals surface area contributed by atoms with Crippen molar-refractivity contribution >= 4 is 28.1 Å². The molecule has 1 amide bonds. The Morgan fingerprint density at radius 1 is 1.22 bits per heavy atom. The maximum absolute atomic E-state index is 13.5. The zero-order valence-electron chi connectivity index (χ0n) is 20.7. The molecule has 0 bridgehead atoms. The van der Waals surface area contributed by atoms with Gasteiger partial charge in [-0.3, -0.25) is 18.7 Å². The average Bonchev–Trinajstić information content (AvgIpc) is 3.43. The van der Waals surface area contributed by atoms with Crippen LogP contribution in [0.3, 0.4) is 0 Å². The molecule has 1 aliphatic rings. The van der Waals surface area contributed by atoms with Gasteiger partial charge in [-0.2, -0.15) is 0 Å². The molecular weight excluding hydrogens is 466 g/mol. The Morgan fingerprint density at radius 2 is 1.97 bits per heavy atom. The Kier molecular flexibility index (Phi) is 5.80. The van der Waals surface area contributed by atoms with E-state index in [-0.39, 0.29) is 36.8 Å². The number of imidazole rings is 2. The number of methoxy groups -OCH3 is 1. The van der Waals surface area contributed by atoms with Crippen LogP contribution in [0.15, 0.2) is 40.2 Å². The first-order valence-electron chi connectivity index (χ1n) is 11.7. The maximum atomic E-state index is 13.5. The molecule has 1 aromatic carbocycles. The largest absolute Gasteiger partial charge is 0.388 e. The number of ether oxygens (including phenoxy) is 1. The van der Waals surface area contributed by atoms with Gasteiger partial charge in [0.2, 0.25) is 5.91 Å². The lowest BCUT2D eigenvalue weighted by Crippen LogP contribution is -2.53. The van der Waals surface area contributed by atoms with Gasteiger partial charge in [-0.1, -0.05) is 12.1 Å². The third-order valence-electron chi connectivity index (χ3n) is 7.16. The summed E-state index contributed by atoms with van der Waals surface area (Å²) in [5.41, 5.74) is -0.124. The van der Waals surface area contributed by atoms with Crippen molar-refractivity contribution in [1.82, 2.24) is 33.1 Å². The zero-order chi connectivity index (χ0) is 25.8. The molecule has 1 fully saturated rings. The number of fused-ring (bicyclic) bond motifs is 2. The third kappa shape index (κ3) is 3.73. The van der Waals surface area contributed by atoms with Crippen molar-refractivity contribution < 1.29 is 14.6 Å². The van der Waals surface area contributed by atoms with Crippen LogP contribution in [0.5, 0.6) is 0 Å². The van der Waals surface area contributed by atoms with E-state index in [2.05, 4.69) is 9.97 Å². The molecule has 1 saturated heterocycles. The van der Waals surface area contributed by atoms with Gasteiger partial charge in [-0.15, -0.1) is 0 Å². The number of carbonyl (C=O) groups excluding carboxylic acids is 1. The molecule has 0 unspecified atom stereocenters. The molecule has 5 rings (SSSR count). The summed E-state index contributed by atoms with van der Waals surface area (Å²) >= 11 is 0. The van der Waals surface area contributed by atoms with Gasteiger partial charge in [0.15, 0.2) is 11.2 Å². The first kappa shape index (κ1) is 23.9. The Balaban J connectivity index is 1.50. The predicted octanol–water partition coefficient (Wildman–Crippen LogP) is 0.154. The van der Waals surface area contributed by atoms with Gasteiger partial charge in [0.05, 0.1) is 29.0 Å². The highest BCUT2D eigenvalue weighted by Gasteiger charge is 2.41. The molecule has 190 valence electrons. The van der Waals surface area contributed by atoms with E-state index in [0.717, 1.165) is 15.6 Å². The number of amides is 1. The summed E-state index contributed by atoms with van der Waals surface area (Å²) < 4.78 is 11.1. The highest BCUT2D eigenvalue weighted by atomic mass is 16.5. The van der Waals surface area contributed by atoms with Crippen LogP contribution < -0.4 is 11.2 Å². The molecule has 4 aromatic rings. The van der Waals surface area contributed by atoms with E-state index in [4.69, 9.17) is 4.74 Å². The molecule has 0 aliphatic carbocycles. The zero-order valence-corrected chi connectivity index (χ0v) is 20.7. The van der Waals surface area contributed by atoms with Gasteiger partial charge in [0.25, 0.3) is 5.56 Å². The second-order valence-electron chi connectivity index (χ2n) is 9.53. The van der Waals surface area contributed by atoms with Gasteiger partial charge in [-0.05, 0) is 25.5 Å². The standard InChI is InChI=1S/C24H29N7O5/c1-24(35)9-10-29(19(32)12-30-16-8-6-5-7-15(16)26-18(30)13-36-4)11-17(24)31-14-25-21-20(31)22(33)28(3)23(34)27(21)2/h5-8,14,17,35H,9-13H2,1-4H3/t17-,24-/m0/s1. The normalized spacial score (nSPS) is 20.5. The van der Waals surface area contributed by atoms with Crippen LogP contribution in [-0.2, 0) is 36.8 Å². The van der Waals surface area contributed by atoms with E-state index in [0.29, 0.717) is 18.8 Å². The number of aliphatic hydroxyl groups is 1. The van der Waals surface area contributed by atoms with Crippen molar-refractivity contribution in [2.45, 2.75) is 38.1 Å². The highest BCUT2D eigenvalue weighted by Crippen LogP contribution is 2.33. The first-order chi connectivity index (χ1) is 17.1. The van der Waals surface area contributed by atoms with Crippen molar-refractivity contribution in [1.29, 1.82) is 0 Å². The van der Waals surface area contributed by atoms with Crippen LogP contribution in [0, 0.1) is 0 Å². The van der Waals surface area contributed by atoms with E-state index in [1.807, 2.05) is 28.8 Å². The second-order valence-corrected chi connectivity index (χ2v) is 9.53. The fourth-order valence-corrected chi connectivity index (χ4v) is 5.02. The number of nitrogens with zero attached hydrogens (tertiary/aromatic N) is 7. The molecule has 12 heteroatoms. The molecule has 2 atom stereocenters. The van der Waals surface area contributed by atoms with E-state index in [9.17, 15) is 19.5 Å². The predicted molar refractivity (Wildman–Crippen MR) is 132 cm³/mol. The summed E-state index contributed by atoms with van der Waals surface area (Å²) in [6, 6.07) is 6.96. The highest BCUT2D eigenvalue weighted by molar-refractivity contribution is 5.81. The second kappa shape index (κ2) is 8.71. The van der Waals surface area contributed by atoms with E-state index in [1.165, 1.54) is 17.9 Å². The lowest BCUT2D eigenvalue weighted by molar-refractivity contribution is -0.138. The number of aromatic nitrogens is 6. The summed E-state index contributed by atoms with van der Waals surface area (Å²) in [5, 5.41) is 11.3. The molecule has 3 aromatic heterocycles. The smallest absolute Gasteiger partial charge is 0.332 e. The number of hydrogen-bond acceptors (Lipinski definition) is 7. The van der Waals surface area contributed by atoms with Crippen molar-refractivity contribution in [2.75, 3.05) is 20.2 Å². The lowest BCUT2D eigenvalue weighted by Gasteiger charge is -2.43. The monoisotopic (exact) mass is 495 g/mol. The van der Waals surface area contributed by atoms with E-state index < -0.39 is 22.9 Å². The molecule has 0 saturated carbocycles. The van der Waals surface area contributed by atoms with Gasteiger partial charge in [-0.25, -0.2) is 14.8 Å². The average molecular weight is 496 g/mol. The lowest BCUT2D eigenvalue weighted by atomic mass is 9.88. The van der Waals surface area contributed by atoms with Crippen molar-refractivity contribution in [3.05, 3.63) is 57.3 Å². The third-order valence-corrected chi connectivity index (χ3v) is 7.16. The SMILES string of the molecule is COCc1nc2ccccc2n1CC(=O)N1CC[C@](C)(O)[C@@H](n2cnc3c2c(=O)n(C)c(=O)n3C)C1. The van der Waals surface area contributed by atoms with Crippen LogP contribution in [0.2, 0.25) is 0 Å². The number of piperidine rings is 1. The molecule has 1 N–H and O–H groups in total. The fourth-order valence-electron chi connectivity index (χ4n) is 5.02. The van der Waals surface area contributed by atoms with Gasteiger partial charge < -0.3 is 23.9 Å². The number of carbonyl (C=O) groups is 1. The number of rotatable bonds is 5. The minimum absolute atomic E-state index is 0.0645. The number of aryl methyl sites for hydroxylation is 1. The molecule has 4 heterocycles. The summed E-state index contributed by atoms with van der Waals surface area (Å²) in [5.74, 6) is 0.512. The van der Waals surface area contributed by atoms with Crippen LogP contribution in [-0.4, -0.2) is 70.0 Å². The number of likely N-dealkylation sites (tertiary alicyclic amines) is 1. The van der Waals surface area contributed by atoms with Crippen LogP contribution in [0.25, 0.3) is 22.2 Å². The van der Waals surface area contributed by atoms with Gasteiger partial charge in [0.1, 0.15) is 19.0 Å². The van der Waals surface area contributed by atoms with Crippen LogP contribution in [0.4, 0.5) is 0 Å². The molecule has 1 aliphatic heterocycles. The summed E-state index contributed by atoms with van der Waals surface area (Å²) in [6.45, 7) is 2.56. The Bertz CT molecular complexity index is 1590. The fraction of sp³-hybridized carbons (Fsp3) is 0.458. The van der Waals surface area contributed by atoms with Crippen molar-refractivity contribution in [2.24, 2.45) is 14.1 Å². The van der Waals surface area contributed by atoms with Crippen molar-refractivity contribution in [3.8, 4) is 0 Å². The quantitative estimate of drug-likeness (QED) is 0.417. The summed E-state index contributed by atoms with van der Waals surface area (Å²) in [6.07, 6.45) is 1.77. The van der Waals surface area contributed by atoms with Gasteiger partial charge >= 0.3 is 5.69 Å². The minimum atomic E-state index is -1.20. The summed E-state index contributed by atoms with van der Waals surface area (Å²) in [7, 11) is 4.53. The molecular formula is C24H29N7O5. The molecule has 12 nitrogen and oxygen atoms in total. The molecule has 0 spiro atoms. The number of benzene rings is 1. The first-order valence-corrected chi connectivity index (χ1v) is 11.7. The van der Waals surface area contributed by atoms with Crippen LogP contribution >= 0.6 is 0 Å². The van der Waals surface area contributed by atoms with Gasteiger partial charge in [0, 0.05) is 34.3 Å². The molecule has 0 radical (unpaired) electrons. The summed E-state index contributed by atoms with van der Waals surface area (Å²) in [4.78, 5) is 49.4. The van der Waals surface area contributed by atoms with Crippen molar-refractivity contribution in [3.63, 3.8) is 0 Å². The molecule has 36 heavy (non-hydrogen) atoms. The number of hydrogen-bond donors (Lipinski definition) is 1. The number of para-hydroxylation sites is 2. The maximum Gasteiger partial charge on any atom is 0.332 e. The van der Waals surface area contributed by atoms with Crippen LogP contribution in [0.1, 0.15) is 25.2 Å². The Morgan fingerprint density at radius 3 is 2.72 bits per heavy atom. The van der Waals surface area contributed by atoms with E-state index in [1.54, 1.807) is 30.5 Å².